The van der Waals surface area contributed by atoms with E-state index in [0.717, 1.165) is 36.6 Å². The Balaban J connectivity index is 1.51. The number of thiocarbonyl (C=S) groups is 1. The monoisotopic (exact) mass is 467 g/mol. The summed E-state index contributed by atoms with van der Waals surface area (Å²) >= 11 is 11.7. The predicted molar refractivity (Wildman–Crippen MR) is 134 cm³/mol. The topological polar surface area (TPSA) is 62.3 Å². The van der Waals surface area contributed by atoms with Gasteiger partial charge in [0.1, 0.15) is 11.6 Å². The molecule has 2 heterocycles. The molecule has 166 valence electrons. The van der Waals surface area contributed by atoms with Crippen molar-refractivity contribution < 1.29 is 4.74 Å². The number of nitrogens with zero attached hydrogens (tertiary/aromatic N) is 3. The molecule has 1 aliphatic heterocycles. The molecule has 0 saturated carbocycles. The summed E-state index contributed by atoms with van der Waals surface area (Å²) in [4.78, 5) is 11.5. The molecular formula is C24H26ClN5OS. The number of hydrogen-bond acceptors (Lipinski definition) is 5. The first-order valence-corrected chi connectivity index (χ1v) is 11.5. The van der Waals surface area contributed by atoms with Gasteiger partial charge in [0, 0.05) is 30.7 Å². The van der Waals surface area contributed by atoms with Gasteiger partial charge in [-0.25, -0.2) is 0 Å². The minimum atomic E-state index is 0.392. The second-order valence-corrected chi connectivity index (χ2v) is 8.71. The van der Waals surface area contributed by atoms with Crippen LogP contribution in [0.1, 0.15) is 25.3 Å². The van der Waals surface area contributed by atoms with Gasteiger partial charge in [0.2, 0.25) is 11.8 Å². The van der Waals surface area contributed by atoms with Crippen LogP contribution in [-0.4, -0.2) is 28.2 Å². The van der Waals surface area contributed by atoms with Crippen molar-refractivity contribution in [3.63, 3.8) is 0 Å². The Morgan fingerprint density at radius 1 is 1.16 bits per heavy atom. The molecule has 1 fully saturated rings. The second kappa shape index (κ2) is 10.6. The smallest absolute Gasteiger partial charge is 0.234 e. The molecular weight excluding hydrogens is 442 g/mol. The third-order valence-electron chi connectivity index (χ3n) is 5.26. The van der Waals surface area contributed by atoms with E-state index in [1.807, 2.05) is 60.7 Å². The van der Waals surface area contributed by atoms with Crippen LogP contribution in [0, 0.1) is 5.92 Å². The van der Waals surface area contributed by atoms with Gasteiger partial charge in [-0.15, -0.1) is 0 Å². The molecule has 6 nitrogen and oxygen atoms in total. The minimum Gasteiger partial charge on any atom is -0.439 e. The van der Waals surface area contributed by atoms with Crippen molar-refractivity contribution in [2.75, 3.05) is 23.3 Å². The molecule has 0 spiro atoms. The van der Waals surface area contributed by atoms with Gasteiger partial charge in [-0.1, -0.05) is 54.9 Å². The second-order valence-electron chi connectivity index (χ2n) is 7.90. The van der Waals surface area contributed by atoms with Gasteiger partial charge in [0.15, 0.2) is 5.11 Å². The largest absolute Gasteiger partial charge is 0.439 e. The fourth-order valence-electron chi connectivity index (χ4n) is 3.65. The molecule has 1 aliphatic rings. The Bertz CT molecular complexity index is 1070. The molecule has 2 N–H and O–H groups in total. The van der Waals surface area contributed by atoms with Crippen LogP contribution in [-0.2, 0) is 6.54 Å². The van der Waals surface area contributed by atoms with Crippen LogP contribution in [0.15, 0.2) is 60.7 Å². The Morgan fingerprint density at radius 3 is 2.72 bits per heavy atom. The van der Waals surface area contributed by atoms with Gasteiger partial charge in [-0.05, 0) is 54.7 Å². The fraction of sp³-hybridized carbons (Fsp3) is 0.292. The van der Waals surface area contributed by atoms with Crippen LogP contribution in [0.25, 0.3) is 0 Å². The average Bonchev–Trinajstić information content (AvgIpc) is 2.79. The van der Waals surface area contributed by atoms with Gasteiger partial charge in [-0.3, -0.25) is 0 Å². The van der Waals surface area contributed by atoms with E-state index in [4.69, 9.17) is 33.5 Å². The first-order chi connectivity index (χ1) is 15.6. The van der Waals surface area contributed by atoms with E-state index >= 15 is 0 Å². The summed E-state index contributed by atoms with van der Waals surface area (Å²) < 4.78 is 6.01. The van der Waals surface area contributed by atoms with Crippen LogP contribution in [0.5, 0.6) is 11.6 Å². The Labute approximate surface area is 199 Å². The Morgan fingerprint density at radius 2 is 1.94 bits per heavy atom. The van der Waals surface area contributed by atoms with Gasteiger partial charge in [0.25, 0.3) is 0 Å². The van der Waals surface area contributed by atoms with E-state index in [-0.39, 0.29) is 0 Å². The number of ether oxygens (including phenoxy) is 1. The first-order valence-electron chi connectivity index (χ1n) is 10.7. The average molecular weight is 468 g/mol. The molecule has 4 rings (SSSR count). The van der Waals surface area contributed by atoms with Crippen molar-refractivity contribution in [3.05, 3.63) is 71.2 Å². The molecule has 0 bridgehead atoms. The molecule has 2 aromatic carbocycles. The first kappa shape index (κ1) is 22.3. The number of hydrogen-bond donors (Lipinski definition) is 2. The summed E-state index contributed by atoms with van der Waals surface area (Å²) in [6.45, 7) is 4.68. The number of para-hydroxylation sites is 1. The number of rotatable bonds is 6. The molecule has 8 heteroatoms. The summed E-state index contributed by atoms with van der Waals surface area (Å²) in [6.07, 6.45) is 2.37. The van der Waals surface area contributed by atoms with E-state index in [1.54, 1.807) is 0 Å². The normalized spacial score (nSPS) is 15.8. The maximum Gasteiger partial charge on any atom is 0.234 e. The molecule has 0 amide bonds. The summed E-state index contributed by atoms with van der Waals surface area (Å²) in [5.74, 6) is 3.02. The van der Waals surface area contributed by atoms with Crippen molar-refractivity contribution in [2.24, 2.45) is 5.92 Å². The zero-order valence-corrected chi connectivity index (χ0v) is 19.5. The van der Waals surface area contributed by atoms with Crippen LogP contribution < -0.4 is 20.3 Å². The number of piperidine rings is 1. The molecule has 1 aromatic heterocycles. The maximum absolute atomic E-state index is 6.23. The highest BCUT2D eigenvalue weighted by Gasteiger charge is 2.20. The standard InChI is InChI=1S/C24H26ClN5OS/c1-17-8-7-13-30(16-17)21-14-22(31-19-10-3-2-4-11-19)28-23(27-21)29-24(32)26-15-18-9-5-6-12-20(18)25/h2-6,9-12,14,17H,7-8,13,15-16H2,1H3,(H2,26,27,28,29,32)/t17-/m0/s1. The zero-order chi connectivity index (χ0) is 22.3. The van der Waals surface area contributed by atoms with Crippen molar-refractivity contribution in [2.45, 2.75) is 26.3 Å². The lowest BCUT2D eigenvalue weighted by Crippen LogP contribution is -2.35. The van der Waals surface area contributed by atoms with Crippen molar-refractivity contribution in [1.29, 1.82) is 0 Å². The fourth-order valence-corrected chi connectivity index (χ4v) is 4.02. The molecule has 1 atom stereocenters. The van der Waals surface area contributed by atoms with Gasteiger partial charge >= 0.3 is 0 Å². The maximum atomic E-state index is 6.23. The van der Waals surface area contributed by atoms with E-state index in [2.05, 4.69) is 27.4 Å². The highest BCUT2D eigenvalue weighted by atomic mass is 35.5. The van der Waals surface area contributed by atoms with Crippen LogP contribution in [0.4, 0.5) is 11.8 Å². The highest BCUT2D eigenvalue weighted by Crippen LogP contribution is 2.27. The SMILES string of the molecule is C[C@H]1CCCN(c2cc(Oc3ccccc3)nc(NC(=S)NCc3ccccc3Cl)n2)C1. The Hall–Kier alpha value is -2.90. The summed E-state index contributed by atoms with van der Waals surface area (Å²) in [5.41, 5.74) is 0.961. The van der Waals surface area contributed by atoms with E-state index in [1.165, 1.54) is 6.42 Å². The van der Waals surface area contributed by atoms with Crippen molar-refractivity contribution >= 4 is 40.7 Å². The lowest BCUT2D eigenvalue weighted by Gasteiger charge is -2.32. The molecule has 0 unspecified atom stereocenters. The van der Waals surface area contributed by atoms with Gasteiger partial charge < -0.3 is 20.3 Å². The van der Waals surface area contributed by atoms with Gasteiger partial charge in [-0.2, -0.15) is 9.97 Å². The molecule has 3 aromatic rings. The van der Waals surface area contributed by atoms with Crippen molar-refractivity contribution in [3.8, 4) is 11.6 Å². The van der Waals surface area contributed by atoms with E-state index in [0.29, 0.717) is 34.4 Å². The van der Waals surface area contributed by atoms with Crippen LogP contribution >= 0.6 is 23.8 Å². The number of anilines is 2. The third kappa shape index (κ3) is 6.08. The summed E-state index contributed by atoms with van der Waals surface area (Å²) in [5, 5.41) is 7.37. The van der Waals surface area contributed by atoms with E-state index in [9.17, 15) is 0 Å². The number of aromatic nitrogens is 2. The molecule has 0 aliphatic carbocycles. The van der Waals surface area contributed by atoms with Gasteiger partial charge in [0.05, 0.1) is 0 Å². The van der Waals surface area contributed by atoms with Crippen LogP contribution in [0.3, 0.4) is 0 Å². The minimum absolute atomic E-state index is 0.392. The summed E-state index contributed by atoms with van der Waals surface area (Å²) in [6, 6.07) is 19.1. The number of nitrogens with one attached hydrogen (secondary N) is 2. The molecule has 0 radical (unpaired) electrons. The predicted octanol–water partition coefficient (Wildman–Crippen LogP) is 5.65. The summed E-state index contributed by atoms with van der Waals surface area (Å²) in [7, 11) is 0. The van der Waals surface area contributed by atoms with E-state index < -0.39 is 0 Å². The lowest BCUT2D eigenvalue weighted by atomic mass is 10.0. The lowest BCUT2D eigenvalue weighted by molar-refractivity contribution is 0.440. The number of halogens is 1. The Kier molecular flexibility index (Phi) is 7.39. The zero-order valence-electron chi connectivity index (χ0n) is 17.9. The van der Waals surface area contributed by atoms with Crippen molar-refractivity contribution in [1.82, 2.24) is 15.3 Å². The molecule has 32 heavy (non-hydrogen) atoms. The number of benzene rings is 2. The third-order valence-corrected chi connectivity index (χ3v) is 5.87. The van der Waals surface area contributed by atoms with Crippen LogP contribution in [0.2, 0.25) is 5.02 Å². The quantitative estimate of drug-likeness (QED) is 0.454. The molecule has 1 saturated heterocycles. The highest BCUT2D eigenvalue weighted by molar-refractivity contribution is 7.80.